The number of amides is 1. The summed E-state index contributed by atoms with van der Waals surface area (Å²) in [7, 11) is 0. The van der Waals surface area contributed by atoms with Gasteiger partial charge in [-0.1, -0.05) is 6.07 Å². The van der Waals surface area contributed by atoms with Gasteiger partial charge < -0.3 is 5.32 Å². The Morgan fingerprint density at radius 3 is 2.94 bits per heavy atom. The van der Waals surface area contributed by atoms with Crippen LogP contribution in [-0.4, -0.2) is 17.3 Å². The molecule has 1 fully saturated rings. The second-order valence-electron chi connectivity index (χ2n) is 4.22. The smallest absolute Gasteiger partial charge is 0.251 e. The van der Waals surface area contributed by atoms with Crippen LogP contribution in [0.4, 0.5) is 0 Å². The van der Waals surface area contributed by atoms with Gasteiger partial charge in [-0.15, -0.1) is 11.6 Å². The number of nitrogens with zero attached hydrogens (tertiary/aromatic N) is 1. The monoisotopic (exact) mass is 248 g/mol. The molecular formula is C13H13ClN2O. The number of benzene rings is 1. The molecule has 1 amide bonds. The molecule has 4 heteroatoms. The van der Waals surface area contributed by atoms with Crippen molar-refractivity contribution in [2.75, 3.05) is 0 Å². The minimum absolute atomic E-state index is 0.0260. The molecule has 3 nitrogen and oxygen atoms in total. The van der Waals surface area contributed by atoms with Crippen LogP contribution in [0.25, 0.3) is 0 Å². The number of carbonyl (C=O) groups excluding carboxylic acids is 1. The molecule has 0 radical (unpaired) electrons. The lowest BCUT2D eigenvalue weighted by molar-refractivity contribution is 0.0938. The van der Waals surface area contributed by atoms with Gasteiger partial charge in [0.25, 0.3) is 5.91 Å². The van der Waals surface area contributed by atoms with Crippen molar-refractivity contribution in [2.45, 2.75) is 30.7 Å². The number of hydrogen-bond donors (Lipinski definition) is 1. The molecule has 2 rings (SSSR count). The third-order valence-electron chi connectivity index (χ3n) is 3.00. The molecule has 0 saturated heterocycles. The van der Waals surface area contributed by atoms with Crippen molar-refractivity contribution in [3.8, 4) is 6.07 Å². The van der Waals surface area contributed by atoms with Gasteiger partial charge in [0.05, 0.1) is 17.0 Å². The third kappa shape index (κ3) is 2.78. The van der Waals surface area contributed by atoms with Crippen molar-refractivity contribution in [3.63, 3.8) is 0 Å². The Kier molecular flexibility index (Phi) is 3.65. The van der Waals surface area contributed by atoms with Gasteiger partial charge in [-0.05, 0) is 37.5 Å². The maximum absolute atomic E-state index is 11.9. The van der Waals surface area contributed by atoms with Gasteiger partial charge in [-0.2, -0.15) is 5.26 Å². The molecule has 1 aliphatic rings. The van der Waals surface area contributed by atoms with E-state index in [1.165, 1.54) is 0 Å². The summed E-state index contributed by atoms with van der Waals surface area (Å²) in [4.78, 5) is 11.9. The van der Waals surface area contributed by atoms with Crippen molar-refractivity contribution in [3.05, 3.63) is 35.4 Å². The van der Waals surface area contributed by atoms with Crippen molar-refractivity contribution >= 4 is 17.5 Å². The zero-order valence-electron chi connectivity index (χ0n) is 9.32. The van der Waals surface area contributed by atoms with E-state index in [-0.39, 0.29) is 17.3 Å². The largest absolute Gasteiger partial charge is 0.348 e. The predicted molar refractivity (Wildman–Crippen MR) is 65.9 cm³/mol. The van der Waals surface area contributed by atoms with E-state index < -0.39 is 0 Å². The van der Waals surface area contributed by atoms with E-state index >= 15 is 0 Å². The molecule has 1 aromatic rings. The lowest BCUT2D eigenvalue weighted by Crippen LogP contribution is -2.37. The van der Waals surface area contributed by atoms with Crippen molar-refractivity contribution < 1.29 is 4.79 Å². The van der Waals surface area contributed by atoms with E-state index in [1.54, 1.807) is 24.3 Å². The molecule has 1 aliphatic carbocycles. The molecule has 1 N–H and O–H groups in total. The van der Waals surface area contributed by atoms with Crippen LogP contribution in [0, 0.1) is 11.3 Å². The minimum Gasteiger partial charge on any atom is -0.348 e. The van der Waals surface area contributed by atoms with Gasteiger partial charge in [0.15, 0.2) is 0 Å². The summed E-state index contributed by atoms with van der Waals surface area (Å²) in [6.07, 6.45) is 2.93. The Morgan fingerprint density at radius 1 is 1.47 bits per heavy atom. The van der Waals surface area contributed by atoms with Gasteiger partial charge in [0.2, 0.25) is 0 Å². The number of hydrogen-bond acceptors (Lipinski definition) is 2. The van der Waals surface area contributed by atoms with Crippen LogP contribution in [0.15, 0.2) is 24.3 Å². The number of alkyl halides is 1. The van der Waals surface area contributed by atoms with Crippen LogP contribution in [0.3, 0.4) is 0 Å². The first-order valence-corrected chi connectivity index (χ1v) is 6.09. The maximum Gasteiger partial charge on any atom is 0.251 e. The normalized spacial score (nSPS) is 23.1. The fourth-order valence-electron chi connectivity index (χ4n) is 2.06. The van der Waals surface area contributed by atoms with E-state index in [9.17, 15) is 4.79 Å². The minimum atomic E-state index is -0.153. The molecule has 0 bridgehead atoms. The lowest BCUT2D eigenvalue weighted by Gasteiger charge is -2.15. The van der Waals surface area contributed by atoms with E-state index in [4.69, 9.17) is 16.9 Å². The van der Waals surface area contributed by atoms with Gasteiger partial charge >= 0.3 is 0 Å². The highest BCUT2D eigenvalue weighted by atomic mass is 35.5. The van der Waals surface area contributed by atoms with Crippen molar-refractivity contribution in [2.24, 2.45) is 0 Å². The standard InChI is InChI=1S/C13H13ClN2O/c14-11-5-2-6-12(11)16-13(17)10-4-1-3-9(7-10)8-15/h1,3-4,7,11-12H,2,5-6H2,(H,16,17). The fourth-order valence-corrected chi connectivity index (χ4v) is 2.40. The first-order valence-electron chi connectivity index (χ1n) is 5.66. The topological polar surface area (TPSA) is 52.9 Å². The van der Waals surface area contributed by atoms with E-state index in [2.05, 4.69) is 5.32 Å². The van der Waals surface area contributed by atoms with Gasteiger partial charge in [-0.3, -0.25) is 4.79 Å². The first-order chi connectivity index (χ1) is 8.20. The molecule has 88 valence electrons. The summed E-state index contributed by atoms with van der Waals surface area (Å²) in [5.74, 6) is -0.153. The summed E-state index contributed by atoms with van der Waals surface area (Å²) < 4.78 is 0. The molecule has 17 heavy (non-hydrogen) atoms. The summed E-state index contributed by atoms with van der Waals surface area (Å²) in [6.45, 7) is 0. The Balaban J connectivity index is 2.07. The number of nitriles is 1. The molecule has 1 saturated carbocycles. The molecule has 0 heterocycles. The quantitative estimate of drug-likeness (QED) is 0.818. The first kappa shape index (κ1) is 11.9. The molecule has 2 atom stereocenters. The number of carbonyl (C=O) groups is 1. The van der Waals surface area contributed by atoms with Crippen LogP contribution < -0.4 is 5.32 Å². The summed E-state index contributed by atoms with van der Waals surface area (Å²) in [5, 5.41) is 11.7. The number of halogens is 1. The van der Waals surface area contributed by atoms with E-state index in [1.807, 2.05) is 6.07 Å². The lowest BCUT2D eigenvalue weighted by atomic mass is 10.1. The molecule has 0 aliphatic heterocycles. The second-order valence-corrected chi connectivity index (χ2v) is 4.78. The number of nitrogens with one attached hydrogen (secondary N) is 1. The van der Waals surface area contributed by atoms with Crippen LogP contribution in [-0.2, 0) is 0 Å². The summed E-state index contributed by atoms with van der Waals surface area (Å²) >= 11 is 6.10. The van der Waals surface area contributed by atoms with Crippen molar-refractivity contribution in [1.29, 1.82) is 5.26 Å². The second kappa shape index (κ2) is 5.20. The number of rotatable bonds is 2. The van der Waals surface area contributed by atoms with Gasteiger partial charge in [0, 0.05) is 11.6 Å². The highest BCUT2D eigenvalue weighted by molar-refractivity contribution is 6.21. The third-order valence-corrected chi connectivity index (χ3v) is 3.52. The molecule has 0 spiro atoms. The Hall–Kier alpha value is -1.53. The van der Waals surface area contributed by atoms with Crippen LogP contribution in [0.1, 0.15) is 35.2 Å². The van der Waals surface area contributed by atoms with Crippen LogP contribution >= 0.6 is 11.6 Å². The SMILES string of the molecule is N#Cc1cccc(C(=O)NC2CCCC2Cl)c1. The van der Waals surface area contributed by atoms with E-state index in [0.29, 0.717) is 11.1 Å². The fraction of sp³-hybridized carbons (Fsp3) is 0.385. The molecule has 0 aromatic heterocycles. The molecular weight excluding hydrogens is 236 g/mol. The average molecular weight is 249 g/mol. The zero-order valence-corrected chi connectivity index (χ0v) is 10.1. The van der Waals surface area contributed by atoms with Crippen LogP contribution in [0.2, 0.25) is 0 Å². The Bertz CT molecular complexity index is 467. The summed E-state index contributed by atoms with van der Waals surface area (Å²) in [5.41, 5.74) is 1.01. The van der Waals surface area contributed by atoms with Crippen molar-refractivity contribution in [1.82, 2.24) is 5.32 Å². The van der Waals surface area contributed by atoms with Gasteiger partial charge in [0.1, 0.15) is 0 Å². The summed E-state index contributed by atoms with van der Waals surface area (Å²) in [6, 6.07) is 8.75. The van der Waals surface area contributed by atoms with Crippen LogP contribution in [0.5, 0.6) is 0 Å². The molecule has 2 unspecified atom stereocenters. The Morgan fingerprint density at radius 2 is 2.29 bits per heavy atom. The Labute approximate surface area is 105 Å². The highest BCUT2D eigenvalue weighted by Gasteiger charge is 2.26. The van der Waals surface area contributed by atoms with Gasteiger partial charge in [-0.25, -0.2) is 0 Å². The highest BCUT2D eigenvalue weighted by Crippen LogP contribution is 2.24. The zero-order chi connectivity index (χ0) is 12.3. The predicted octanol–water partition coefficient (Wildman–Crippen LogP) is 2.45. The molecule has 1 aromatic carbocycles. The maximum atomic E-state index is 11.9. The van der Waals surface area contributed by atoms with E-state index in [0.717, 1.165) is 19.3 Å². The average Bonchev–Trinajstić information content (AvgIpc) is 2.75.